The SMILES string of the molecule is O=C(Cc1ccccc1)NC(=S)NNC(=O)c1ccccc1Cl. The zero-order chi connectivity index (χ0) is 16.7. The van der Waals surface area contributed by atoms with Crippen molar-refractivity contribution in [1.29, 1.82) is 0 Å². The Morgan fingerprint density at radius 3 is 2.30 bits per heavy atom. The summed E-state index contributed by atoms with van der Waals surface area (Å²) in [7, 11) is 0. The van der Waals surface area contributed by atoms with Crippen molar-refractivity contribution in [3.63, 3.8) is 0 Å². The second-order valence-electron chi connectivity index (χ2n) is 4.60. The minimum absolute atomic E-state index is 0.00587. The van der Waals surface area contributed by atoms with Crippen LogP contribution in [0.2, 0.25) is 5.02 Å². The molecule has 5 nitrogen and oxygen atoms in total. The van der Waals surface area contributed by atoms with E-state index < -0.39 is 5.91 Å². The molecule has 0 aliphatic rings. The Kier molecular flexibility index (Phi) is 6.08. The van der Waals surface area contributed by atoms with Gasteiger partial charge in [0.1, 0.15) is 0 Å². The van der Waals surface area contributed by atoms with Crippen LogP contribution in [0.4, 0.5) is 0 Å². The number of hydrogen-bond donors (Lipinski definition) is 3. The Morgan fingerprint density at radius 2 is 1.61 bits per heavy atom. The van der Waals surface area contributed by atoms with E-state index in [0.29, 0.717) is 10.6 Å². The number of amides is 2. The zero-order valence-electron chi connectivity index (χ0n) is 12.0. The second kappa shape index (κ2) is 8.26. The van der Waals surface area contributed by atoms with Gasteiger partial charge in [-0.05, 0) is 29.9 Å². The fourth-order valence-electron chi connectivity index (χ4n) is 1.81. The van der Waals surface area contributed by atoms with Crippen LogP contribution in [0.1, 0.15) is 15.9 Å². The van der Waals surface area contributed by atoms with Crippen molar-refractivity contribution >= 4 is 40.7 Å². The summed E-state index contributed by atoms with van der Waals surface area (Å²) in [6.07, 6.45) is 0.196. The predicted molar refractivity (Wildman–Crippen MR) is 92.9 cm³/mol. The first-order valence-corrected chi connectivity index (χ1v) is 7.53. The first-order valence-electron chi connectivity index (χ1n) is 6.75. The molecule has 23 heavy (non-hydrogen) atoms. The maximum atomic E-state index is 11.9. The summed E-state index contributed by atoms with van der Waals surface area (Å²) in [6, 6.07) is 15.9. The highest BCUT2D eigenvalue weighted by atomic mass is 35.5. The molecule has 0 unspecified atom stereocenters. The molecule has 0 fully saturated rings. The minimum Gasteiger partial charge on any atom is -0.302 e. The fourth-order valence-corrected chi connectivity index (χ4v) is 2.20. The molecular weight excluding hydrogens is 334 g/mol. The van der Waals surface area contributed by atoms with E-state index in [9.17, 15) is 9.59 Å². The lowest BCUT2D eigenvalue weighted by Gasteiger charge is -2.11. The van der Waals surface area contributed by atoms with Gasteiger partial charge in [-0.3, -0.25) is 20.4 Å². The molecule has 0 aliphatic heterocycles. The number of rotatable bonds is 3. The fraction of sp³-hybridized carbons (Fsp3) is 0.0625. The van der Waals surface area contributed by atoms with Crippen molar-refractivity contribution in [2.45, 2.75) is 6.42 Å². The molecule has 0 aliphatic carbocycles. The van der Waals surface area contributed by atoms with Crippen LogP contribution in [0, 0.1) is 0 Å². The smallest absolute Gasteiger partial charge is 0.271 e. The van der Waals surface area contributed by atoms with Crippen LogP contribution in [-0.2, 0) is 11.2 Å². The second-order valence-corrected chi connectivity index (χ2v) is 5.41. The highest BCUT2D eigenvalue weighted by Crippen LogP contribution is 2.13. The third-order valence-corrected chi connectivity index (χ3v) is 3.40. The number of carbonyl (C=O) groups is 2. The summed E-state index contributed by atoms with van der Waals surface area (Å²) in [5.41, 5.74) is 6.02. The van der Waals surface area contributed by atoms with E-state index >= 15 is 0 Å². The molecule has 2 rings (SSSR count). The van der Waals surface area contributed by atoms with Crippen LogP contribution in [0.15, 0.2) is 54.6 Å². The van der Waals surface area contributed by atoms with E-state index in [2.05, 4.69) is 16.2 Å². The van der Waals surface area contributed by atoms with Crippen LogP contribution < -0.4 is 16.2 Å². The van der Waals surface area contributed by atoms with Gasteiger partial charge < -0.3 is 5.32 Å². The molecule has 0 heterocycles. The van der Waals surface area contributed by atoms with E-state index in [1.807, 2.05) is 30.3 Å². The normalized spacial score (nSPS) is 9.78. The van der Waals surface area contributed by atoms with Gasteiger partial charge in [-0.2, -0.15) is 0 Å². The molecule has 0 bridgehead atoms. The van der Waals surface area contributed by atoms with Crippen molar-refractivity contribution < 1.29 is 9.59 Å². The monoisotopic (exact) mass is 347 g/mol. The third kappa shape index (κ3) is 5.36. The highest BCUT2D eigenvalue weighted by molar-refractivity contribution is 7.80. The third-order valence-electron chi connectivity index (χ3n) is 2.87. The lowest BCUT2D eigenvalue weighted by molar-refractivity contribution is -0.119. The molecule has 0 saturated carbocycles. The van der Waals surface area contributed by atoms with Gasteiger partial charge in [-0.25, -0.2) is 0 Å². The lowest BCUT2D eigenvalue weighted by Crippen LogP contribution is -2.48. The van der Waals surface area contributed by atoms with Gasteiger partial charge in [0, 0.05) is 0 Å². The van der Waals surface area contributed by atoms with Crippen LogP contribution in [0.3, 0.4) is 0 Å². The summed E-state index contributed by atoms with van der Waals surface area (Å²) in [5, 5.41) is 2.81. The van der Waals surface area contributed by atoms with Gasteiger partial charge in [0.05, 0.1) is 17.0 Å². The van der Waals surface area contributed by atoms with E-state index in [1.54, 1.807) is 24.3 Å². The van der Waals surface area contributed by atoms with Gasteiger partial charge in [-0.1, -0.05) is 54.1 Å². The standard InChI is InChI=1S/C16H14ClN3O2S/c17-13-9-5-4-8-12(13)15(22)19-20-16(23)18-14(21)10-11-6-2-1-3-7-11/h1-9H,10H2,(H,19,22)(H2,18,20,21,23). The lowest BCUT2D eigenvalue weighted by atomic mass is 10.1. The molecule has 0 saturated heterocycles. The van der Waals surface area contributed by atoms with Crippen molar-refractivity contribution in [2.24, 2.45) is 0 Å². The summed E-state index contributed by atoms with van der Waals surface area (Å²) >= 11 is 10.9. The molecule has 0 atom stereocenters. The first-order chi connectivity index (χ1) is 11.1. The van der Waals surface area contributed by atoms with E-state index in [0.717, 1.165) is 5.56 Å². The number of nitrogens with one attached hydrogen (secondary N) is 3. The number of halogens is 1. The summed E-state index contributed by atoms with van der Waals surface area (Å²) < 4.78 is 0. The maximum Gasteiger partial charge on any atom is 0.271 e. The highest BCUT2D eigenvalue weighted by Gasteiger charge is 2.10. The average Bonchev–Trinajstić information content (AvgIpc) is 2.54. The maximum absolute atomic E-state index is 11.9. The van der Waals surface area contributed by atoms with E-state index in [-0.39, 0.29) is 17.4 Å². The molecule has 0 radical (unpaired) electrons. The predicted octanol–water partition coefficient (Wildman–Crippen LogP) is 2.22. The number of hydrazine groups is 1. The Labute approximate surface area is 144 Å². The van der Waals surface area contributed by atoms with E-state index in [1.165, 1.54) is 0 Å². The molecule has 0 aromatic heterocycles. The van der Waals surface area contributed by atoms with Crippen molar-refractivity contribution in [1.82, 2.24) is 16.2 Å². The van der Waals surface area contributed by atoms with Crippen molar-refractivity contribution in [2.75, 3.05) is 0 Å². The van der Waals surface area contributed by atoms with Crippen LogP contribution in [0.25, 0.3) is 0 Å². The Bertz CT molecular complexity index is 722. The molecule has 2 aromatic carbocycles. The van der Waals surface area contributed by atoms with Gasteiger partial charge >= 0.3 is 0 Å². The molecule has 118 valence electrons. The largest absolute Gasteiger partial charge is 0.302 e. The number of carbonyl (C=O) groups excluding carboxylic acids is 2. The van der Waals surface area contributed by atoms with Gasteiger partial charge in [0.25, 0.3) is 5.91 Å². The molecule has 7 heteroatoms. The van der Waals surface area contributed by atoms with Crippen LogP contribution in [0.5, 0.6) is 0 Å². The summed E-state index contributed by atoms with van der Waals surface area (Å²) in [5.74, 6) is -0.726. The summed E-state index contributed by atoms with van der Waals surface area (Å²) in [4.78, 5) is 23.7. The molecule has 3 N–H and O–H groups in total. The van der Waals surface area contributed by atoms with Crippen molar-refractivity contribution in [3.05, 3.63) is 70.7 Å². The number of benzene rings is 2. The average molecular weight is 348 g/mol. The zero-order valence-corrected chi connectivity index (χ0v) is 13.6. The first kappa shape index (κ1) is 16.9. The quantitative estimate of drug-likeness (QED) is 0.588. The Hall–Kier alpha value is -2.44. The Balaban J connectivity index is 1.80. The number of hydrogen-bond acceptors (Lipinski definition) is 3. The van der Waals surface area contributed by atoms with Crippen molar-refractivity contribution in [3.8, 4) is 0 Å². The van der Waals surface area contributed by atoms with Gasteiger partial charge in [0.2, 0.25) is 5.91 Å². The van der Waals surface area contributed by atoms with Crippen LogP contribution >= 0.6 is 23.8 Å². The summed E-state index contributed by atoms with van der Waals surface area (Å²) in [6.45, 7) is 0. The molecule has 0 spiro atoms. The molecule has 2 amide bonds. The molecular formula is C16H14ClN3O2S. The van der Waals surface area contributed by atoms with Gasteiger partial charge in [0.15, 0.2) is 5.11 Å². The van der Waals surface area contributed by atoms with Gasteiger partial charge in [-0.15, -0.1) is 0 Å². The number of thiocarbonyl (C=S) groups is 1. The van der Waals surface area contributed by atoms with E-state index in [4.69, 9.17) is 23.8 Å². The minimum atomic E-state index is -0.449. The topological polar surface area (TPSA) is 70.2 Å². The Morgan fingerprint density at radius 1 is 0.957 bits per heavy atom. The van der Waals surface area contributed by atoms with Crippen LogP contribution in [-0.4, -0.2) is 16.9 Å². The molecule has 2 aromatic rings.